The van der Waals surface area contributed by atoms with Crippen LogP contribution >= 0.6 is 0 Å². The molecule has 0 saturated carbocycles. The summed E-state index contributed by atoms with van der Waals surface area (Å²) >= 11 is 0. The number of carbonyl (C=O) groups excluding carboxylic acids is 1. The van der Waals surface area contributed by atoms with Gasteiger partial charge in [0.2, 0.25) is 0 Å². The number of hydrogen-bond acceptors (Lipinski definition) is 6. The first kappa shape index (κ1) is 21.3. The highest BCUT2D eigenvalue weighted by Gasteiger charge is 2.24. The Morgan fingerprint density at radius 2 is 1.81 bits per heavy atom. The fourth-order valence-electron chi connectivity index (χ4n) is 3.47. The fraction of sp³-hybridized carbons (Fsp3) is 0.208. The molecule has 4 rings (SSSR count). The summed E-state index contributed by atoms with van der Waals surface area (Å²) in [6, 6.07) is 14.6. The SMILES string of the molecule is COc1ccc(N(C(=O)c2ccncc2)c2cccc(C(=O)O)c2)cc1O[C@@H]1CCOC1. The third-order valence-corrected chi connectivity index (χ3v) is 5.07. The molecule has 0 bridgehead atoms. The van der Waals surface area contributed by atoms with E-state index in [9.17, 15) is 14.7 Å². The normalized spacial score (nSPS) is 15.2. The van der Waals surface area contributed by atoms with Crippen LogP contribution in [-0.2, 0) is 4.74 Å². The lowest BCUT2D eigenvalue weighted by Gasteiger charge is -2.25. The number of hydrogen-bond donors (Lipinski definition) is 1. The maximum Gasteiger partial charge on any atom is 0.335 e. The van der Waals surface area contributed by atoms with E-state index in [4.69, 9.17) is 14.2 Å². The number of anilines is 2. The number of nitrogens with zero attached hydrogens (tertiary/aromatic N) is 2. The van der Waals surface area contributed by atoms with Crippen molar-refractivity contribution >= 4 is 23.3 Å². The zero-order chi connectivity index (χ0) is 22.5. The Balaban J connectivity index is 1.80. The van der Waals surface area contributed by atoms with Gasteiger partial charge in [-0.2, -0.15) is 0 Å². The second kappa shape index (κ2) is 9.49. The van der Waals surface area contributed by atoms with Gasteiger partial charge in [0.25, 0.3) is 5.91 Å². The predicted octanol–water partition coefficient (Wildman–Crippen LogP) is 3.93. The third kappa shape index (κ3) is 4.55. The second-order valence-corrected chi connectivity index (χ2v) is 7.17. The quantitative estimate of drug-likeness (QED) is 0.601. The highest BCUT2D eigenvalue weighted by atomic mass is 16.6. The summed E-state index contributed by atoms with van der Waals surface area (Å²) in [5.74, 6) is -0.419. The standard InChI is InChI=1S/C24H22N2O6/c1-30-21-6-5-19(14-22(21)32-20-9-12-31-15-20)26(23(27)16-7-10-25-11-8-16)18-4-2-3-17(13-18)24(28)29/h2-8,10-11,13-14,20H,9,12,15H2,1H3,(H,28,29)/t20-/m1/s1. The molecular formula is C24H22N2O6. The van der Waals surface area contributed by atoms with Crippen molar-refractivity contribution in [1.82, 2.24) is 4.98 Å². The number of rotatable bonds is 7. The van der Waals surface area contributed by atoms with Crippen molar-refractivity contribution in [3.8, 4) is 11.5 Å². The first-order valence-corrected chi connectivity index (χ1v) is 10.1. The molecule has 1 fully saturated rings. The van der Waals surface area contributed by atoms with Crippen molar-refractivity contribution in [3.63, 3.8) is 0 Å². The van der Waals surface area contributed by atoms with Crippen molar-refractivity contribution in [2.24, 2.45) is 0 Å². The Labute approximate surface area is 185 Å². The zero-order valence-corrected chi connectivity index (χ0v) is 17.4. The van der Waals surface area contributed by atoms with E-state index in [1.165, 1.54) is 29.4 Å². The lowest BCUT2D eigenvalue weighted by molar-refractivity contribution is 0.0696. The Bertz CT molecular complexity index is 1110. The van der Waals surface area contributed by atoms with E-state index in [1.54, 1.807) is 49.6 Å². The smallest absolute Gasteiger partial charge is 0.335 e. The minimum Gasteiger partial charge on any atom is -0.493 e. The average Bonchev–Trinajstić information content (AvgIpc) is 3.33. The number of aromatic nitrogens is 1. The van der Waals surface area contributed by atoms with Crippen molar-refractivity contribution < 1.29 is 28.9 Å². The van der Waals surface area contributed by atoms with Crippen LogP contribution in [0.1, 0.15) is 27.1 Å². The van der Waals surface area contributed by atoms with Crippen LogP contribution in [0.5, 0.6) is 11.5 Å². The number of benzene rings is 2. The van der Waals surface area contributed by atoms with E-state index in [-0.39, 0.29) is 17.6 Å². The van der Waals surface area contributed by atoms with E-state index in [2.05, 4.69) is 4.98 Å². The summed E-state index contributed by atoms with van der Waals surface area (Å²) < 4.78 is 16.9. The lowest BCUT2D eigenvalue weighted by atomic mass is 10.1. The molecule has 164 valence electrons. The van der Waals surface area contributed by atoms with Crippen LogP contribution in [0.4, 0.5) is 11.4 Å². The molecule has 0 spiro atoms. The number of carbonyl (C=O) groups is 2. The molecule has 1 aliphatic heterocycles. The van der Waals surface area contributed by atoms with Crippen LogP contribution in [0.2, 0.25) is 0 Å². The van der Waals surface area contributed by atoms with Crippen molar-refractivity contribution in [3.05, 3.63) is 78.1 Å². The largest absolute Gasteiger partial charge is 0.493 e. The van der Waals surface area contributed by atoms with Gasteiger partial charge in [-0.25, -0.2) is 4.79 Å². The maximum atomic E-state index is 13.5. The molecule has 1 saturated heterocycles. The van der Waals surface area contributed by atoms with E-state index in [0.29, 0.717) is 41.7 Å². The van der Waals surface area contributed by atoms with Gasteiger partial charge in [0.1, 0.15) is 6.10 Å². The number of aromatic carboxylic acids is 1. The summed E-state index contributed by atoms with van der Waals surface area (Å²) in [5.41, 5.74) is 1.39. The van der Waals surface area contributed by atoms with Crippen molar-refractivity contribution in [2.45, 2.75) is 12.5 Å². The van der Waals surface area contributed by atoms with Gasteiger partial charge in [-0.3, -0.25) is 14.7 Å². The maximum absolute atomic E-state index is 13.5. The fourth-order valence-corrected chi connectivity index (χ4v) is 3.47. The van der Waals surface area contributed by atoms with Gasteiger partial charge in [-0.1, -0.05) is 6.07 Å². The monoisotopic (exact) mass is 434 g/mol. The molecule has 1 aliphatic rings. The average molecular weight is 434 g/mol. The van der Waals surface area contributed by atoms with Crippen molar-refractivity contribution in [2.75, 3.05) is 25.2 Å². The molecule has 0 unspecified atom stereocenters. The van der Waals surface area contributed by atoms with E-state index >= 15 is 0 Å². The van der Waals surface area contributed by atoms with Gasteiger partial charge >= 0.3 is 5.97 Å². The first-order valence-electron chi connectivity index (χ1n) is 10.1. The molecule has 2 heterocycles. The topological polar surface area (TPSA) is 98.2 Å². The zero-order valence-electron chi connectivity index (χ0n) is 17.4. The number of methoxy groups -OCH3 is 1. The van der Waals surface area contributed by atoms with E-state index in [1.807, 2.05) is 0 Å². The molecule has 1 aromatic heterocycles. The molecule has 0 radical (unpaired) electrons. The number of carboxylic acids is 1. The van der Waals surface area contributed by atoms with Crippen molar-refractivity contribution in [1.29, 1.82) is 0 Å². The van der Waals surface area contributed by atoms with Crippen LogP contribution in [-0.4, -0.2) is 48.4 Å². The Morgan fingerprint density at radius 1 is 1.03 bits per heavy atom. The number of amides is 1. The molecular weight excluding hydrogens is 412 g/mol. The van der Waals surface area contributed by atoms with Gasteiger partial charge in [0.15, 0.2) is 11.5 Å². The van der Waals surface area contributed by atoms with E-state index < -0.39 is 5.97 Å². The Hall–Kier alpha value is -3.91. The van der Waals surface area contributed by atoms with Gasteiger partial charge in [-0.05, 0) is 42.5 Å². The van der Waals surface area contributed by atoms with Gasteiger partial charge < -0.3 is 19.3 Å². The molecule has 8 nitrogen and oxygen atoms in total. The van der Waals surface area contributed by atoms with Crippen LogP contribution in [0, 0.1) is 0 Å². The molecule has 1 atom stereocenters. The third-order valence-electron chi connectivity index (χ3n) is 5.07. The van der Waals surface area contributed by atoms with Gasteiger partial charge in [0, 0.05) is 30.4 Å². The summed E-state index contributed by atoms with van der Waals surface area (Å²) in [6.45, 7) is 1.11. The lowest BCUT2D eigenvalue weighted by Crippen LogP contribution is -2.26. The molecule has 1 N–H and O–H groups in total. The molecule has 0 aliphatic carbocycles. The molecule has 8 heteroatoms. The number of pyridine rings is 1. The first-order chi connectivity index (χ1) is 15.6. The van der Waals surface area contributed by atoms with Crippen LogP contribution in [0.25, 0.3) is 0 Å². The summed E-state index contributed by atoms with van der Waals surface area (Å²) in [4.78, 5) is 30.4. The predicted molar refractivity (Wildman–Crippen MR) is 117 cm³/mol. The Kier molecular flexibility index (Phi) is 6.32. The second-order valence-electron chi connectivity index (χ2n) is 7.17. The molecule has 2 aromatic carbocycles. The summed E-state index contributed by atoms with van der Waals surface area (Å²) in [5, 5.41) is 9.43. The highest BCUT2D eigenvalue weighted by molar-refractivity contribution is 6.11. The summed E-state index contributed by atoms with van der Waals surface area (Å²) in [7, 11) is 1.54. The number of carboxylic acid groups (broad SMARTS) is 1. The summed E-state index contributed by atoms with van der Waals surface area (Å²) in [6.07, 6.45) is 3.70. The highest BCUT2D eigenvalue weighted by Crippen LogP contribution is 2.37. The van der Waals surface area contributed by atoms with Crippen LogP contribution in [0.15, 0.2) is 67.0 Å². The minimum atomic E-state index is -1.08. The Morgan fingerprint density at radius 3 is 2.50 bits per heavy atom. The molecule has 1 amide bonds. The number of ether oxygens (including phenoxy) is 3. The van der Waals surface area contributed by atoms with Crippen LogP contribution < -0.4 is 14.4 Å². The van der Waals surface area contributed by atoms with E-state index in [0.717, 1.165) is 6.42 Å². The molecule has 3 aromatic rings. The molecule has 32 heavy (non-hydrogen) atoms. The minimum absolute atomic E-state index is 0.0723. The van der Waals surface area contributed by atoms with Gasteiger partial charge in [-0.15, -0.1) is 0 Å². The van der Waals surface area contributed by atoms with Gasteiger partial charge in [0.05, 0.1) is 37.3 Å². The van der Waals surface area contributed by atoms with Crippen LogP contribution in [0.3, 0.4) is 0 Å².